The van der Waals surface area contributed by atoms with Gasteiger partial charge in [0.15, 0.2) is 0 Å². The number of fused-ring (bicyclic) bond motifs is 1. The highest BCUT2D eigenvalue weighted by atomic mass is 16.1. The van der Waals surface area contributed by atoms with Gasteiger partial charge in [0.2, 0.25) is 0 Å². The van der Waals surface area contributed by atoms with Gasteiger partial charge in [0.25, 0.3) is 0 Å². The van der Waals surface area contributed by atoms with Crippen LogP contribution >= 0.6 is 0 Å². The molecule has 0 bridgehead atoms. The molecule has 0 aliphatic heterocycles. The number of nitrogens with two attached hydrogens (primary N) is 1. The van der Waals surface area contributed by atoms with Gasteiger partial charge in [-0.15, -0.1) is 0 Å². The summed E-state index contributed by atoms with van der Waals surface area (Å²) in [7, 11) is 0. The fourth-order valence-electron chi connectivity index (χ4n) is 3.16. The Labute approximate surface area is 125 Å². The molecular weight excluding hydrogens is 260 g/mol. The Hall–Kier alpha value is -2.00. The number of carbonyl (C=O) groups is 1. The van der Waals surface area contributed by atoms with Crippen LogP contribution in [0.2, 0.25) is 0 Å². The van der Waals surface area contributed by atoms with E-state index >= 15 is 0 Å². The second-order valence-corrected chi connectivity index (χ2v) is 5.61. The van der Waals surface area contributed by atoms with Crippen LogP contribution in [-0.4, -0.2) is 10.8 Å². The number of rotatable bonds is 4. The molecule has 1 aromatic carbocycles. The van der Waals surface area contributed by atoms with Crippen LogP contribution in [0.5, 0.6) is 0 Å². The van der Waals surface area contributed by atoms with Gasteiger partial charge < -0.3 is 5.73 Å². The molecule has 108 valence electrons. The van der Waals surface area contributed by atoms with Gasteiger partial charge in [-0.2, -0.15) is 0 Å². The maximum absolute atomic E-state index is 12.7. The molecule has 0 saturated carbocycles. The number of Topliss-reactive ketones (excluding diaryl/α,β-unsaturated/α-hetero) is 1. The van der Waals surface area contributed by atoms with Gasteiger partial charge in [0, 0.05) is 19.2 Å². The van der Waals surface area contributed by atoms with E-state index in [-0.39, 0.29) is 11.7 Å². The Bertz CT molecular complexity index is 651. The molecule has 2 N–H and O–H groups in total. The third-order valence-electron chi connectivity index (χ3n) is 4.29. The van der Waals surface area contributed by atoms with E-state index in [0.29, 0.717) is 13.0 Å². The average Bonchev–Trinajstić information content (AvgIpc) is 2.54. The van der Waals surface area contributed by atoms with Crippen molar-refractivity contribution in [2.75, 3.05) is 0 Å². The van der Waals surface area contributed by atoms with E-state index in [2.05, 4.69) is 11.1 Å². The molecule has 0 radical (unpaired) electrons. The lowest BCUT2D eigenvalue weighted by atomic mass is 9.82. The maximum Gasteiger partial charge on any atom is 0.146 e. The van der Waals surface area contributed by atoms with Gasteiger partial charge in [0.1, 0.15) is 5.78 Å². The molecule has 1 aliphatic carbocycles. The number of ketones is 1. The van der Waals surface area contributed by atoms with Gasteiger partial charge in [-0.25, -0.2) is 0 Å². The number of carbonyl (C=O) groups excluding carboxylic acids is 1. The number of pyridine rings is 1. The molecular formula is C18H20N2O. The summed E-state index contributed by atoms with van der Waals surface area (Å²) in [4.78, 5) is 17.2. The Morgan fingerprint density at radius 1 is 1.19 bits per heavy atom. The van der Waals surface area contributed by atoms with Crippen molar-refractivity contribution in [2.45, 2.75) is 38.1 Å². The quantitative estimate of drug-likeness (QED) is 0.937. The Balaban J connectivity index is 1.84. The molecule has 3 heteroatoms. The van der Waals surface area contributed by atoms with Gasteiger partial charge in [0.05, 0.1) is 11.6 Å². The molecule has 0 spiro atoms. The van der Waals surface area contributed by atoms with Crippen LogP contribution in [0.1, 0.15) is 41.1 Å². The van der Waals surface area contributed by atoms with E-state index in [1.54, 1.807) is 6.20 Å². The molecule has 1 aromatic heterocycles. The normalized spacial score (nSPS) is 17.3. The van der Waals surface area contributed by atoms with Gasteiger partial charge >= 0.3 is 0 Å². The lowest BCUT2D eigenvalue weighted by Gasteiger charge is -2.23. The molecule has 1 aliphatic rings. The first-order valence-corrected chi connectivity index (χ1v) is 7.53. The van der Waals surface area contributed by atoms with Crippen LogP contribution in [0.3, 0.4) is 0 Å². The zero-order valence-corrected chi connectivity index (χ0v) is 12.1. The first kappa shape index (κ1) is 14.0. The van der Waals surface area contributed by atoms with E-state index in [1.807, 2.05) is 30.3 Å². The minimum absolute atomic E-state index is 0.0548. The molecule has 0 amide bonds. The van der Waals surface area contributed by atoms with Crippen LogP contribution < -0.4 is 5.73 Å². The Morgan fingerprint density at radius 3 is 2.81 bits per heavy atom. The number of aromatic nitrogens is 1. The first-order chi connectivity index (χ1) is 10.3. The predicted octanol–water partition coefficient (Wildman–Crippen LogP) is 2.77. The molecule has 1 heterocycles. The molecule has 1 unspecified atom stereocenters. The minimum Gasteiger partial charge on any atom is -0.326 e. The standard InChI is InChI=1S/C18H20N2O/c19-12-15-6-2-1-5-14(15)11-17(21)16-9-3-7-13-8-4-10-20-18(13)16/h1-2,4-6,8,10,16H,3,7,9,11-12,19H2. The van der Waals surface area contributed by atoms with Crippen LogP contribution in [0.15, 0.2) is 42.6 Å². The number of hydrogen-bond acceptors (Lipinski definition) is 3. The van der Waals surface area contributed by atoms with Crippen molar-refractivity contribution in [1.29, 1.82) is 0 Å². The monoisotopic (exact) mass is 280 g/mol. The number of hydrogen-bond donors (Lipinski definition) is 1. The van der Waals surface area contributed by atoms with Crippen molar-refractivity contribution >= 4 is 5.78 Å². The minimum atomic E-state index is -0.0548. The van der Waals surface area contributed by atoms with Gasteiger partial charge in [-0.05, 0) is 42.0 Å². The molecule has 3 rings (SSSR count). The predicted molar refractivity (Wildman–Crippen MR) is 83.0 cm³/mol. The third-order valence-corrected chi connectivity index (χ3v) is 4.29. The average molecular weight is 280 g/mol. The molecule has 0 fully saturated rings. The summed E-state index contributed by atoms with van der Waals surface area (Å²) in [6.45, 7) is 0.475. The SMILES string of the molecule is NCc1ccccc1CC(=O)C1CCCc2cccnc21. The second kappa shape index (κ2) is 6.19. The number of aryl methyl sites for hydroxylation is 1. The topological polar surface area (TPSA) is 56.0 Å². The summed E-state index contributed by atoms with van der Waals surface area (Å²) in [5, 5.41) is 0. The Kier molecular flexibility index (Phi) is 4.11. The lowest BCUT2D eigenvalue weighted by molar-refractivity contribution is -0.120. The Morgan fingerprint density at radius 2 is 2.00 bits per heavy atom. The van der Waals surface area contributed by atoms with Crippen molar-refractivity contribution in [3.8, 4) is 0 Å². The smallest absolute Gasteiger partial charge is 0.146 e. The van der Waals surface area contributed by atoms with Crippen LogP contribution in [0.25, 0.3) is 0 Å². The van der Waals surface area contributed by atoms with Crippen molar-refractivity contribution < 1.29 is 4.79 Å². The summed E-state index contributed by atoms with van der Waals surface area (Å²) < 4.78 is 0. The molecule has 1 atom stereocenters. The van der Waals surface area contributed by atoms with Crippen LogP contribution in [0.4, 0.5) is 0 Å². The molecule has 3 nitrogen and oxygen atoms in total. The summed E-state index contributed by atoms with van der Waals surface area (Å²) in [6, 6.07) is 12.0. The van der Waals surface area contributed by atoms with Gasteiger partial charge in [-0.1, -0.05) is 30.3 Å². The zero-order valence-electron chi connectivity index (χ0n) is 12.1. The van der Waals surface area contributed by atoms with E-state index in [9.17, 15) is 4.79 Å². The van der Waals surface area contributed by atoms with E-state index < -0.39 is 0 Å². The molecule has 2 aromatic rings. The highest BCUT2D eigenvalue weighted by molar-refractivity contribution is 5.88. The third kappa shape index (κ3) is 2.88. The first-order valence-electron chi connectivity index (χ1n) is 7.53. The van der Waals surface area contributed by atoms with Crippen LogP contribution in [0, 0.1) is 0 Å². The second-order valence-electron chi connectivity index (χ2n) is 5.61. The molecule has 0 saturated heterocycles. The number of benzene rings is 1. The largest absolute Gasteiger partial charge is 0.326 e. The van der Waals surface area contributed by atoms with Crippen molar-refractivity contribution in [1.82, 2.24) is 4.98 Å². The highest BCUT2D eigenvalue weighted by Crippen LogP contribution is 2.31. The van der Waals surface area contributed by atoms with E-state index in [0.717, 1.165) is 36.1 Å². The number of nitrogens with zero attached hydrogens (tertiary/aromatic N) is 1. The summed E-state index contributed by atoms with van der Waals surface area (Å²) in [6.07, 6.45) is 5.25. The fraction of sp³-hybridized carbons (Fsp3) is 0.333. The summed E-state index contributed by atoms with van der Waals surface area (Å²) >= 11 is 0. The van der Waals surface area contributed by atoms with Crippen molar-refractivity contribution in [2.24, 2.45) is 5.73 Å². The fourth-order valence-corrected chi connectivity index (χ4v) is 3.16. The van der Waals surface area contributed by atoms with E-state index in [1.165, 1.54) is 5.56 Å². The molecule has 21 heavy (non-hydrogen) atoms. The maximum atomic E-state index is 12.7. The zero-order chi connectivity index (χ0) is 14.7. The van der Waals surface area contributed by atoms with E-state index in [4.69, 9.17) is 5.73 Å². The summed E-state index contributed by atoms with van der Waals surface area (Å²) in [5.74, 6) is 0.205. The van der Waals surface area contributed by atoms with Crippen LogP contribution in [-0.2, 0) is 24.2 Å². The van der Waals surface area contributed by atoms with Gasteiger partial charge in [-0.3, -0.25) is 9.78 Å². The highest BCUT2D eigenvalue weighted by Gasteiger charge is 2.27. The summed E-state index contributed by atoms with van der Waals surface area (Å²) in [5.41, 5.74) is 10.1. The lowest BCUT2D eigenvalue weighted by Crippen LogP contribution is -2.22. The van der Waals surface area contributed by atoms with Crippen molar-refractivity contribution in [3.05, 3.63) is 65.0 Å². The van der Waals surface area contributed by atoms with Crippen molar-refractivity contribution in [3.63, 3.8) is 0 Å².